The molecular formula is C13H27Cl2PSiTi. The van der Waals surface area contributed by atoms with Crippen LogP contribution in [0.3, 0.4) is 0 Å². The monoisotopic (exact) mass is 360 g/mol. The maximum absolute atomic E-state index is 2.56. The summed E-state index contributed by atoms with van der Waals surface area (Å²) in [5.41, 5.74) is 4.79. The Kier molecular flexibility index (Phi) is 11.7. The van der Waals surface area contributed by atoms with Gasteiger partial charge in [-0.2, -0.15) is 0 Å². The summed E-state index contributed by atoms with van der Waals surface area (Å²) >= 11 is 0. The van der Waals surface area contributed by atoms with E-state index in [1.807, 2.05) is 5.20 Å². The van der Waals surface area contributed by atoms with Gasteiger partial charge < -0.3 is 0 Å². The van der Waals surface area contributed by atoms with Gasteiger partial charge in [0.25, 0.3) is 0 Å². The first-order valence-electron chi connectivity index (χ1n) is 5.77. The molecule has 0 nitrogen and oxygen atoms in total. The largest absolute Gasteiger partial charge is 0.147 e. The molecule has 0 amide bonds. The Morgan fingerprint density at radius 3 is 1.56 bits per heavy atom. The van der Waals surface area contributed by atoms with E-state index in [4.69, 9.17) is 0 Å². The van der Waals surface area contributed by atoms with Crippen molar-refractivity contribution in [2.45, 2.75) is 40.8 Å². The molecule has 18 heavy (non-hydrogen) atoms. The maximum Gasteiger partial charge on any atom is 0.103 e. The fourth-order valence-electron chi connectivity index (χ4n) is 2.59. The molecule has 0 N–H and O–H groups in total. The van der Waals surface area contributed by atoms with E-state index in [0.29, 0.717) is 0 Å². The van der Waals surface area contributed by atoms with Gasteiger partial charge >= 0.3 is 0 Å². The Hall–Kier alpha value is 1.42. The van der Waals surface area contributed by atoms with E-state index in [1.54, 1.807) is 16.7 Å². The van der Waals surface area contributed by atoms with Gasteiger partial charge in [-0.05, 0) is 45.6 Å². The fourth-order valence-corrected chi connectivity index (χ4v) is 7.99. The summed E-state index contributed by atoms with van der Waals surface area (Å²) in [5, 5.41) is 1.83. The molecule has 5 heteroatoms. The summed E-state index contributed by atoms with van der Waals surface area (Å²) in [4.78, 5) is 0. The van der Waals surface area contributed by atoms with Gasteiger partial charge in [0.2, 0.25) is 0 Å². The number of hydrogen-bond donors (Lipinski definition) is 0. The molecule has 1 aliphatic rings. The smallest absolute Gasteiger partial charge is 0.103 e. The molecule has 1 atom stereocenters. The van der Waals surface area contributed by atoms with Gasteiger partial charge in [0.1, 0.15) is 7.74 Å². The van der Waals surface area contributed by atoms with Crippen LogP contribution < -0.4 is 0 Å². The average molecular weight is 361 g/mol. The van der Waals surface area contributed by atoms with E-state index in [1.165, 1.54) is 0 Å². The number of hydrogen-bond acceptors (Lipinski definition) is 0. The van der Waals surface area contributed by atoms with E-state index >= 15 is 0 Å². The van der Waals surface area contributed by atoms with Crippen LogP contribution in [0.25, 0.3) is 0 Å². The van der Waals surface area contributed by atoms with Gasteiger partial charge in [-0.25, -0.2) is 0 Å². The molecule has 0 heterocycles. The van der Waals surface area contributed by atoms with Crippen molar-refractivity contribution < 1.29 is 21.7 Å². The predicted molar refractivity (Wildman–Crippen MR) is 91.0 cm³/mol. The summed E-state index contributed by atoms with van der Waals surface area (Å²) in [7, 11) is -0.946. The molecule has 0 aromatic rings. The van der Waals surface area contributed by atoms with Crippen LogP contribution in [-0.4, -0.2) is 21.1 Å². The van der Waals surface area contributed by atoms with Crippen LogP contribution >= 0.6 is 32.3 Å². The fraction of sp³-hybridized carbons (Fsp3) is 0.692. The summed E-state index contributed by atoms with van der Waals surface area (Å²) in [6.07, 6.45) is 0. The van der Waals surface area contributed by atoms with Gasteiger partial charge in [0, 0.05) is 21.7 Å². The molecule has 1 unspecified atom stereocenters. The third kappa shape index (κ3) is 4.21. The van der Waals surface area contributed by atoms with Gasteiger partial charge in [0.15, 0.2) is 0 Å². The maximum atomic E-state index is 2.56. The zero-order chi connectivity index (χ0) is 12.0. The Balaban J connectivity index is -0.000000750. The third-order valence-electron chi connectivity index (χ3n) is 4.42. The minimum absolute atomic E-state index is 0. The summed E-state index contributed by atoms with van der Waals surface area (Å²) < 4.78 is 0. The second-order valence-electron chi connectivity index (χ2n) is 5.52. The average Bonchev–Trinajstić information content (AvgIpc) is 2.31. The molecule has 106 valence electrons. The number of rotatable bonds is 2. The molecule has 0 spiro atoms. The number of halogens is 2. The van der Waals surface area contributed by atoms with Gasteiger partial charge in [0.05, 0.1) is 0 Å². The molecule has 0 radical (unpaired) electrons. The van der Waals surface area contributed by atoms with Gasteiger partial charge in [-0.1, -0.05) is 36.4 Å². The Morgan fingerprint density at radius 1 is 0.944 bits per heavy atom. The first-order valence-corrected chi connectivity index (χ1v) is 11.9. The minimum atomic E-state index is -1.15. The molecular weight excluding hydrogens is 334 g/mol. The van der Waals surface area contributed by atoms with Gasteiger partial charge in [-0.3, -0.25) is 0 Å². The van der Waals surface area contributed by atoms with E-state index in [0.717, 1.165) is 5.92 Å². The predicted octanol–water partition coefficient (Wildman–Crippen LogP) is 5.62. The van der Waals surface area contributed by atoms with Crippen LogP contribution in [-0.2, 0) is 21.7 Å². The van der Waals surface area contributed by atoms with Crippen LogP contribution in [0.15, 0.2) is 21.9 Å². The molecule has 0 bridgehead atoms. The van der Waals surface area contributed by atoms with Crippen LogP contribution in [0.5, 0.6) is 0 Å². The second-order valence-corrected chi connectivity index (χ2v) is 17.0. The van der Waals surface area contributed by atoms with Crippen LogP contribution in [0.4, 0.5) is 0 Å². The molecule has 0 aromatic heterocycles. The standard InChI is InChI=1S/C13H25PSi.2ClH.Ti/c1-9-10(2)12(4)13(11(9)3)15(7,8)14(5)6;;;/h11H,1-8H3;2*1H;. The van der Waals surface area contributed by atoms with Gasteiger partial charge in [-0.15, -0.1) is 32.3 Å². The minimum Gasteiger partial charge on any atom is -0.147 e. The molecule has 0 aromatic carbocycles. The molecule has 1 rings (SSSR count). The van der Waals surface area contributed by atoms with Crippen molar-refractivity contribution >= 4 is 40.0 Å². The van der Waals surface area contributed by atoms with E-state index in [9.17, 15) is 0 Å². The third-order valence-corrected chi connectivity index (χ3v) is 16.2. The first-order chi connectivity index (χ1) is 6.71. The first kappa shape index (κ1) is 24.4. The van der Waals surface area contributed by atoms with Crippen molar-refractivity contribution in [3.05, 3.63) is 21.9 Å². The summed E-state index contributed by atoms with van der Waals surface area (Å²) in [6, 6.07) is 0. The van der Waals surface area contributed by atoms with Crippen LogP contribution in [0.2, 0.25) is 13.1 Å². The second kappa shape index (κ2) is 8.65. The molecule has 0 fully saturated rings. The summed E-state index contributed by atoms with van der Waals surface area (Å²) in [5.74, 6) is 0.719. The summed E-state index contributed by atoms with van der Waals surface area (Å²) in [6.45, 7) is 19.4. The quantitative estimate of drug-likeness (QED) is 0.443. The number of allylic oxidation sites excluding steroid dienone is 4. The Labute approximate surface area is 143 Å². The Morgan fingerprint density at radius 2 is 1.33 bits per heavy atom. The van der Waals surface area contributed by atoms with Crippen LogP contribution in [0.1, 0.15) is 27.7 Å². The topological polar surface area (TPSA) is 0 Å². The van der Waals surface area contributed by atoms with E-state index < -0.39 is 7.74 Å². The zero-order valence-corrected chi connectivity index (χ0v) is 17.9. The van der Waals surface area contributed by atoms with Crippen molar-refractivity contribution in [1.29, 1.82) is 0 Å². The normalized spacial score (nSPS) is 19.5. The van der Waals surface area contributed by atoms with Crippen molar-refractivity contribution in [2.24, 2.45) is 5.92 Å². The van der Waals surface area contributed by atoms with Crippen LogP contribution in [0, 0.1) is 5.92 Å². The van der Waals surface area contributed by atoms with Crippen molar-refractivity contribution in [1.82, 2.24) is 0 Å². The van der Waals surface area contributed by atoms with Crippen molar-refractivity contribution in [3.8, 4) is 0 Å². The molecule has 1 aliphatic carbocycles. The van der Waals surface area contributed by atoms with Crippen molar-refractivity contribution in [3.63, 3.8) is 0 Å². The molecule has 0 saturated carbocycles. The van der Waals surface area contributed by atoms with E-state index in [-0.39, 0.29) is 54.0 Å². The SMILES string of the molecule is CC1=C(C)C(C)C([Si](C)(C)P(C)C)=C1C.Cl.Cl.[Ti]. The zero-order valence-electron chi connectivity index (χ0n) is 12.8. The molecule has 0 saturated heterocycles. The Bertz CT molecular complexity index is 349. The van der Waals surface area contributed by atoms with Crippen molar-refractivity contribution in [2.75, 3.05) is 13.3 Å². The van der Waals surface area contributed by atoms with E-state index in [2.05, 4.69) is 54.1 Å². The molecule has 0 aliphatic heterocycles.